The molecule has 0 atom stereocenters. The first-order valence-electron chi connectivity index (χ1n) is 7.54. The molecule has 0 unspecified atom stereocenters. The number of hydrogen-bond acceptors (Lipinski definition) is 4. The number of nitrogens with zero attached hydrogens (tertiary/aromatic N) is 2. The maximum atomic E-state index is 11.0. The average Bonchev–Trinajstić information content (AvgIpc) is 2.54. The lowest BCUT2D eigenvalue weighted by Gasteiger charge is -2.42. The molecule has 114 valence electrons. The van der Waals surface area contributed by atoms with Gasteiger partial charge in [0.2, 0.25) is 0 Å². The molecule has 0 aliphatic carbocycles. The quantitative estimate of drug-likeness (QED) is 0.470. The molecule has 1 aromatic rings. The molecule has 0 radical (unpaired) electrons. The Kier molecular flexibility index (Phi) is 4.60. The van der Waals surface area contributed by atoms with Crippen molar-refractivity contribution in [1.82, 2.24) is 0 Å². The molecule has 1 fully saturated rings. The molecule has 1 aliphatic rings. The zero-order chi connectivity index (χ0) is 15.5. The Labute approximate surface area is 125 Å². The summed E-state index contributed by atoms with van der Waals surface area (Å²) in [7, 11) is 0. The molecule has 2 rings (SSSR count). The zero-order valence-corrected chi connectivity index (χ0v) is 12.7. The second-order valence-corrected chi connectivity index (χ2v) is 5.81. The minimum absolute atomic E-state index is 0.123. The lowest BCUT2D eigenvalue weighted by Crippen LogP contribution is -2.39. The molecule has 1 aliphatic heterocycles. The predicted octanol–water partition coefficient (Wildman–Crippen LogP) is 3.81. The van der Waals surface area contributed by atoms with Crippen LogP contribution in [-0.4, -0.2) is 24.3 Å². The first kappa shape index (κ1) is 15.5. The van der Waals surface area contributed by atoms with Crippen LogP contribution in [0.3, 0.4) is 0 Å². The lowest BCUT2D eigenvalue weighted by molar-refractivity contribution is -0.385. The van der Waals surface area contributed by atoms with Crippen LogP contribution in [-0.2, 0) is 0 Å². The largest absolute Gasteiger partial charge is 0.371 e. The van der Waals surface area contributed by atoms with Crippen molar-refractivity contribution in [3.8, 4) is 0 Å². The van der Waals surface area contributed by atoms with Crippen molar-refractivity contribution in [1.29, 1.82) is 0 Å². The van der Waals surface area contributed by atoms with Gasteiger partial charge in [-0.15, -0.1) is 0 Å². The Balaban J connectivity index is 2.17. The van der Waals surface area contributed by atoms with E-state index in [-0.39, 0.29) is 11.3 Å². The van der Waals surface area contributed by atoms with Crippen molar-refractivity contribution in [3.05, 3.63) is 33.9 Å². The van der Waals surface area contributed by atoms with Gasteiger partial charge < -0.3 is 4.90 Å². The highest BCUT2D eigenvalue weighted by molar-refractivity contribution is 5.83. The Bertz CT molecular complexity index is 528. The fourth-order valence-electron chi connectivity index (χ4n) is 3.20. The van der Waals surface area contributed by atoms with E-state index < -0.39 is 4.92 Å². The van der Waals surface area contributed by atoms with Gasteiger partial charge in [0.1, 0.15) is 0 Å². The normalized spacial score (nSPS) is 17.5. The van der Waals surface area contributed by atoms with Gasteiger partial charge in [0, 0.05) is 24.8 Å². The second-order valence-electron chi connectivity index (χ2n) is 5.81. The summed E-state index contributed by atoms with van der Waals surface area (Å²) in [4.78, 5) is 23.6. The van der Waals surface area contributed by atoms with Gasteiger partial charge in [-0.3, -0.25) is 14.9 Å². The molecule has 5 heteroatoms. The molecular weight excluding hydrogens is 268 g/mol. The molecule has 0 saturated carbocycles. The molecular formula is C16H22N2O3. The number of nitro benzene ring substituents is 1. The molecule has 1 aromatic carbocycles. The van der Waals surface area contributed by atoms with E-state index in [1.807, 2.05) is 0 Å². The number of rotatable bonds is 5. The van der Waals surface area contributed by atoms with Gasteiger partial charge in [-0.25, -0.2) is 0 Å². The molecule has 5 nitrogen and oxygen atoms in total. The van der Waals surface area contributed by atoms with E-state index in [2.05, 4.69) is 18.7 Å². The zero-order valence-electron chi connectivity index (χ0n) is 12.7. The van der Waals surface area contributed by atoms with Gasteiger partial charge >= 0.3 is 0 Å². The number of piperidine rings is 1. The minimum atomic E-state index is -0.511. The Morgan fingerprint density at radius 2 is 1.90 bits per heavy atom. The number of hydrogen-bond donors (Lipinski definition) is 0. The van der Waals surface area contributed by atoms with Crippen LogP contribution in [0.15, 0.2) is 18.2 Å². The van der Waals surface area contributed by atoms with E-state index in [0.717, 1.165) is 31.6 Å². The van der Waals surface area contributed by atoms with Crippen LogP contribution in [0.25, 0.3) is 0 Å². The Morgan fingerprint density at radius 3 is 2.38 bits per heavy atom. The summed E-state index contributed by atoms with van der Waals surface area (Å²) in [6.45, 7) is 6.38. The summed E-state index contributed by atoms with van der Waals surface area (Å²) < 4.78 is 0. The van der Waals surface area contributed by atoms with Gasteiger partial charge in [0.25, 0.3) is 5.69 Å². The average molecular weight is 290 g/mol. The van der Waals surface area contributed by atoms with E-state index in [1.54, 1.807) is 12.1 Å². The summed E-state index contributed by atoms with van der Waals surface area (Å²) in [5, 5.41) is 10.9. The van der Waals surface area contributed by atoms with Gasteiger partial charge in [-0.1, -0.05) is 26.7 Å². The van der Waals surface area contributed by atoms with E-state index >= 15 is 0 Å². The molecule has 1 saturated heterocycles. The fraction of sp³-hybridized carbons (Fsp3) is 0.562. The third kappa shape index (κ3) is 3.06. The highest BCUT2D eigenvalue weighted by atomic mass is 16.6. The summed E-state index contributed by atoms with van der Waals surface area (Å²) in [6, 6.07) is 4.81. The molecule has 0 bridgehead atoms. The fourth-order valence-corrected chi connectivity index (χ4v) is 3.20. The van der Waals surface area contributed by atoms with Crippen LogP contribution in [0.4, 0.5) is 11.4 Å². The second kappa shape index (κ2) is 6.24. The van der Waals surface area contributed by atoms with Gasteiger partial charge in [-0.05, 0) is 30.4 Å². The topological polar surface area (TPSA) is 63.4 Å². The summed E-state index contributed by atoms with van der Waals surface area (Å²) in [6.07, 6.45) is 5.21. The van der Waals surface area contributed by atoms with E-state index in [9.17, 15) is 14.9 Å². The van der Waals surface area contributed by atoms with Crippen LogP contribution >= 0.6 is 0 Å². The first-order chi connectivity index (χ1) is 10.0. The minimum Gasteiger partial charge on any atom is -0.371 e. The molecule has 0 aromatic heterocycles. The van der Waals surface area contributed by atoms with Crippen molar-refractivity contribution in [3.63, 3.8) is 0 Å². The molecule has 21 heavy (non-hydrogen) atoms. The number of aldehydes is 1. The van der Waals surface area contributed by atoms with Crippen molar-refractivity contribution in [2.24, 2.45) is 5.41 Å². The summed E-state index contributed by atoms with van der Waals surface area (Å²) in [5.74, 6) is 0. The van der Waals surface area contributed by atoms with Crippen LogP contribution in [0.1, 0.15) is 49.9 Å². The standard InChI is InChI=1S/C16H22N2O3/c1-3-16(4-2)7-9-17(10-8-16)14-5-6-15(18(20)21)13(11-14)12-19/h5-6,11-12H,3-4,7-10H2,1-2H3. The van der Waals surface area contributed by atoms with Gasteiger partial charge in [0.15, 0.2) is 6.29 Å². The van der Waals surface area contributed by atoms with E-state index in [0.29, 0.717) is 11.7 Å². The molecule has 0 N–H and O–H groups in total. The molecule has 0 spiro atoms. The number of anilines is 1. The first-order valence-corrected chi connectivity index (χ1v) is 7.54. The number of nitro groups is 1. The lowest BCUT2D eigenvalue weighted by atomic mass is 9.74. The van der Waals surface area contributed by atoms with Crippen molar-refractivity contribution in [2.75, 3.05) is 18.0 Å². The predicted molar refractivity (Wildman–Crippen MR) is 82.9 cm³/mol. The van der Waals surface area contributed by atoms with Crippen molar-refractivity contribution < 1.29 is 9.72 Å². The van der Waals surface area contributed by atoms with E-state index in [4.69, 9.17) is 0 Å². The number of carbonyl (C=O) groups is 1. The highest BCUT2D eigenvalue weighted by Gasteiger charge is 2.31. The maximum absolute atomic E-state index is 11.0. The highest BCUT2D eigenvalue weighted by Crippen LogP contribution is 2.39. The summed E-state index contributed by atoms with van der Waals surface area (Å²) >= 11 is 0. The summed E-state index contributed by atoms with van der Waals surface area (Å²) in [5.41, 5.74) is 1.37. The Hall–Kier alpha value is -1.91. The van der Waals surface area contributed by atoms with Crippen LogP contribution in [0.5, 0.6) is 0 Å². The third-order valence-electron chi connectivity index (χ3n) is 5.02. The number of benzene rings is 1. The smallest absolute Gasteiger partial charge is 0.280 e. The SMILES string of the molecule is CCC1(CC)CCN(c2ccc([N+](=O)[O-])c(C=O)c2)CC1. The third-order valence-corrected chi connectivity index (χ3v) is 5.02. The molecule has 1 heterocycles. The monoisotopic (exact) mass is 290 g/mol. The van der Waals surface area contributed by atoms with Crippen LogP contribution in [0, 0.1) is 15.5 Å². The van der Waals surface area contributed by atoms with Crippen molar-refractivity contribution in [2.45, 2.75) is 39.5 Å². The maximum Gasteiger partial charge on any atom is 0.280 e. The van der Waals surface area contributed by atoms with Crippen molar-refractivity contribution >= 4 is 17.7 Å². The molecule has 0 amide bonds. The van der Waals surface area contributed by atoms with Gasteiger partial charge in [-0.2, -0.15) is 0 Å². The van der Waals surface area contributed by atoms with Crippen LogP contribution in [0.2, 0.25) is 0 Å². The number of carbonyl (C=O) groups excluding carboxylic acids is 1. The van der Waals surface area contributed by atoms with Gasteiger partial charge in [0.05, 0.1) is 10.5 Å². The Morgan fingerprint density at radius 1 is 1.29 bits per heavy atom. The van der Waals surface area contributed by atoms with Crippen LogP contribution < -0.4 is 4.90 Å². The van der Waals surface area contributed by atoms with E-state index in [1.165, 1.54) is 18.9 Å².